The van der Waals surface area contributed by atoms with Crippen LogP contribution in [0.4, 0.5) is 0 Å². The molecule has 7 heteroatoms. The van der Waals surface area contributed by atoms with Crippen LogP contribution in [0.1, 0.15) is 18.2 Å². The SMILES string of the molecule is CCC1CN(S(=O)(=O)c2csc(CO)c2)CCS1. The van der Waals surface area contributed by atoms with E-state index in [0.717, 1.165) is 12.2 Å². The zero-order valence-corrected chi connectivity index (χ0v) is 12.7. The van der Waals surface area contributed by atoms with Crippen molar-refractivity contribution >= 4 is 33.1 Å². The van der Waals surface area contributed by atoms with Crippen molar-refractivity contribution in [2.75, 3.05) is 18.8 Å². The summed E-state index contributed by atoms with van der Waals surface area (Å²) in [4.78, 5) is 1.00. The van der Waals surface area contributed by atoms with Crippen LogP contribution in [0.5, 0.6) is 0 Å². The molecule has 0 saturated carbocycles. The van der Waals surface area contributed by atoms with E-state index in [2.05, 4.69) is 6.92 Å². The van der Waals surface area contributed by atoms with E-state index in [9.17, 15) is 8.42 Å². The van der Waals surface area contributed by atoms with Gasteiger partial charge in [0, 0.05) is 34.3 Å². The molecule has 0 radical (unpaired) electrons. The fourth-order valence-electron chi connectivity index (χ4n) is 1.89. The molecular weight excluding hydrogens is 290 g/mol. The Morgan fingerprint density at radius 2 is 2.33 bits per heavy atom. The average molecular weight is 307 g/mol. The predicted molar refractivity (Wildman–Crippen MR) is 75.5 cm³/mol. The molecule has 1 aromatic rings. The highest BCUT2D eigenvalue weighted by Crippen LogP contribution is 2.28. The molecule has 0 aliphatic carbocycles. The van der Waals surface area contributed by atoms with Crippen molar-refractivity contribution < 1.29 is 13.5 Å². The van der Waals surface area contributed by atoms with E-state index in [-0.39, 0.29) is 6.61 Å². The summed E-state index contributed by atoms with van der Waals surface area (Å²) >= 11 is 3.13. The zero-order chi connectivity index (χ0) is 13.2. The van der Waals surface area contributed by atoms with Crippen LogP contribution in [-0.2, 0) is 16.6 Å². The molecule has 1 N–H and O–H groups in total. The fourth-order valence-corrected chi connectivity index (χ4v) is 5.88. The molecule has 2 heterocycles. The topological polar surface area (TPSA) is 57.6 Å². The van der Waals surface area contributed by atoms with Gasteiger partial charge in [-0.25, -0.2) is 8.42 Å². The number of thiophene rings is 1. The number of thioether (sulfide) groups is 1. The van der Waals surface area contributed by atoms with Gasteiger partial charge in [0.15, 0.2) is 0 Å². The summed E-state index contributed by atoms with van der Waals surface area (Å²) in [7, 11) is -3.37. The summed E-state index contributed by atoms with van der Waals surface area (Å²) in [5.74, 6) is 0.856. The highest BCUT2D eigenvalue weighted by molar-refractivity contribution is 8.00. The second kappa shape index (κ2) is 5.92. The van der Waals surface area contributed by atoms with Crippen molar-refractivity contribution in [1.29, 1.82) is 0 Å². The van der Waals surface area contributed by atoms with Crippen LogP contribution in [0.25, 0.3) is 0 Å². The molecule has 1 aliphatic heterocycles. The Morgan fingerprint density at radius 3 is 2.94 bits per heavy atom. The molecule has 0 spiro atoms. The van der Waals surface area contributed by atoms with Gasteiger partial charge < -0.3 is 5.11 Å². The maximum atomic E-state index is 12.4. The standard InChI is InChI=1S/C11H17NO3S3/c1-2-9-6-12(3-4-16-9)18(14,15)11-5-10(7-13)17-8-11/h5,8-9,13H,2-4,6-7H2,1H3. The van der Waals surface area contributed by atoms with Gasteiger partial charge in [0.05, 0.1) is 11.5 Å². The van der Waals surface area contributed by atoms with Crippen LogP contribution in [0.15, 0.2) is 16.3 Å². The highest BCUT2D eigenvalue weighted by atomic mass is 32.2. The average Bonchev–Trinajstić information content (AvgIpc) is 2.88. The van der Waals surface area contributed by atoms with Gasteiger partial charge >= 0.3 is 0 Å². The Hall–Kier alpha value is -0.0800. The summed E-state index contributed by atoms with van der Waals surface area (Å²) in [6.45, 7) is 3.15. The van der Waals surface area contributed by atoms with E-state index < -0.39 is 10.0 Å². The normalized spacial score (nSPS) is 22.2. The summed E-state index contributed by atoms with van der Waals surface area (Å²) < 4.78 is 26.4. The minimum Gasteiger partial charge on any atom is -0.391 e. The molecule has 1 atom stereocenters. The molecule has 1 fully saturated rings. The summed E-state index contributed by atoms with van der Waals surface area (Å²) in [5, 5.41) is 11.0. The smallest absolute Gasteiger partial charge is 0.243 e. The van der Waals surface area contributed by atoms with Crippen LogP contribution < -0.4 is 0 Å². The van der Waals surface area contributed by atoms with Crippen molar-refractivity contribution in [3.63, 3.8) is 0 Å². The van der Waals surface area contributed by atoms with E-state index in [1.54, 1.807) is 15.8 Å². The van der Waals surface area contributed by atoms with E-state index in [0.29, 0.717) is 28.1 Å². The number of sulfonamides is 1. The third kappa shape index (κ3) is 2.91. The highest BCUT2D eigenvalue weighted by Gasteiger charge is 2.30. The zero-order valence-electron chi connectivity index (χ0n) is 10.2. The number of nitrogens with zero attached hydrogens (tertiary/aromatic N) is 1. The fraction of sp³-hybridized carbons (Fsp3) is 0.636. The summed E-state index contributed by atoms with van der Waals surface area (Å²) in [6.07, 6.45) is 0.988. The lowest BCUT2D eigenvalue weighted by atomic mass is 10.3. The van der Waals surface area contributed by atoms with Gasteiger partial charge in [-0.2, -0.15) is 16.1 Å². The van der Waals surface area contributed by atoms with Gasteiger partial charge in [-0.05, 0) is 12.5 Å². The molecule has 18 heavy (non-hydrogen) atoms. The predicted octanol–water partition coefficient (Wildman–Crippen LogP) is 1.76. The first kappa shape index (κ1) is 14.3. The lowest BCUT2D eigenvalue weighted by Gasteiger charge is -2.30. The molecule has 0 bridgehead atoms. The molecule has 4 nitrogen and oxygen atoms in total. The van der Waals surface area contributed by atoms with E-state index in [4.69, 9.17) is 5.11 Å². The van der Waals surface area contributed by atoms with Crippen molar-refractivity contribution in [2.24, 2.45) is 0 Å². The first-order valence-corrected chi connectivity index (χ1v) is 9.24. The Kier molecular flexibility index (Phi) is 4.71. The Balaban J connectivity index is 2.19. The Morgan fingerprint density at radius 1 is 1.56 bits per heavy atom. The Bertz CT molecular complexity index is 497. The number of hydrogen-bond donors (Lipinski definition) is 1. The van der Waals surface area contributed by atoms with E-state index >= 15 is 0 Å². The molecule has 102 valence electrons. The van der Waals surface area contributed by atoms with Gasteiger partial charge in [0.25, 0.3) is 0 Å². The van der Waals surface area contributed by atoms with Crippen molar-refractivity contribution in [3.05, 3.63) is 16.3 Å². The maximum Gasteiger partial charge on any atom is 0.243 e. The lowest BCUT2D eigenvalue weighted by Crippen LogP contribution is -2.41. The largest absolute Gasteiger partial charge is 0.391 e. The number of hydrogen-bond acceptors (Lipinski definition) is 5. The van der Waals surface area contributed by atoms with Crippen LogP contribution in [0.3, 0.4) is 0 Å². The molecule has 1 aliphatic rings. The van der Waals surface area contributed by atoms with Gasteiger partial charge in [-0.1, -0.05) is 6.92 Å². The third-order valence-electron chi connectivity index (χ3n) is 2.98. The molecule has 2 rings (SSSR count). The van der Waals surface area contributed by atoms with E-state index in [1.165, 1.54) is 11.3 Å². The van der Waals surface area contributed by atoms with Crippen LogP contribution in [0, 0.1) is 0 Å². The van der Waals surface area contributed by atoms with Gasteiger partial charge in [0.2, 0.25) is 10.0 Å². The van der Waals surface area contributed by atoms with Gasteiger partial charge in [-0.3, -0.25) is 0 Å². The van der Waals surface area contributed by atoms with Crippen LogP contribution >= 0.6 is 23.1 Å². The first-order chi connectivity index (χ1) is 8.57. The second-order valence-corrected chi connectivity index (χ2v) is 8.51. The minimum atomic E-state index is -3.37. The second-order valence-electron chi connectivity index (χ2n) is 4.17. The van der Waals surface area contributed by atoms with Crippen LogP contribution in [-0.4, -0.2) is 41.9 Å². The monoisotopic (exact) mass is 307 g/mol. The number of aliphatic hydroxyl groups is 1. The quantitative estimate of drug-likeness (QED) is 0.921. The van der Waals surface area contributed by atoms with Crippen LogP contribution in [0.2, 0.25) is 0 Å². The molecule has 1 aromatic heterocycles. The van der Waals surface area contributed by atoms with Crippen molar-refractivity contribution in [1.82, 2.24) is 4.31 Å². The van der Waals surface area contributed by atoms with E-state index in [1.807, 2.05) is 11.8 Å². The third-order valence-corrected chi connectivity index (χ3v) is 7.27. The summed E-state index contributed by atoms with van der Waals surface area (Å²) in [5.41, 5.74) is 0. The molecular formula is C11H17NO3S3. The Labute approximate surface area is 116 Å². The van der Waals surface area contributed by atoms with Gasteiger partial charge in [-0.15, -0.1) is 11.3 Å². The minimum absolute atomic E-state index is 0.104. The van der Waals surface area contributed by atoms with Crippen molar-refractivity contribution in [2.45, 2.75) is 30.1 Å². The molecule has 0 amide bonds. The van der Waals surface area contributed by atoms with Gasteiger partial charge in [0.1, 0.15) is 0 Å². The molecule has 0 aromatic carbocycles. The lowest BCUT2D eigenvalue weighted by molar-refractivity contribution is 0.285. The maximum absolute atomic E-state index is 12.4. The number of rotatable bonds is 4. The molecule has 1 saturated heterocycles. The molecule has 1 unspecified atom stereocenters. The summed E-state index contributed by atoms with van der Waals surface area (Å²) in [6, 6.07) is 1.57. The van der Waals surface area contributed by atoms with Crippen molar-refractivity contribution in [3.8, 4) is 0 Å². The number of aliphatic hydroxyl groups excluding tert-OH is 1. The first-order valence-electron chi connectivity index (χ1n) is 5.88.